The van der Waals surface area contributed by atoms with Gasteiger partial charge < -0.3 is 16.0 Å². The second-order valence-corrected chi connectivity index (χ2v) is 5.61. The maximum absolute atomic E-state index is 11.5. The molecule has 19 heavy (non-hydrogen) atoms. The van der Waals surface area contributed by atoms with Crippen LogP contribution in [-0.4, -0.2) is 38.0 Å². The molecular formula is C13H28ClN3O2. The SMILES string of the molecule is CCCNCCNC(=O)CNC(=O)CC(C)(C)C.Cl. The molecule has 0 radical (unpaired) electrons. The Hall–Kier alpha value is -0.810. The molecule has 2 amide bonds. The molecule has 0 aliphatic heterocycles. The van der Waals surface area contributed by atoms with Crippen LogP contribution in [0, 0.1) is 5.41 Å². The Labute approximate surface area is 122 Å². The zero-order valence-corrected chi connectivity index (χ0v) is 13.3. The van der Waals surface area contributed by atoms with Crippen molar-refractivity contribution < 1.29 is 9.59 Å². The number of hydrogen-bond acceptors (Lipinski definition) is 3. The third-order valence-electron chi connectivity index (χ3n) is 2.19. The van der Waals surface area contributed by atoms with Crippen LogP contribution in [-0.2, 0) is 9.59 Å². The first-order valence-corrected chi connectivity index (χ1v) is 6.59. The predicted molar refractivity (Wildman–Crippen MR) is 80.5 cm³/mol. The molecule has 0 fully saturated rings. The van der Waals surface area contributed by atoms with Gasteiger partial charge in [-0.25, -0.2) is 0 Å². The van der Waals surface area contributed by atoms with Gasteiger partial charge in [0.2, 0.25) is 11.8 Å². The first-order valence-electron chi connectivity index (χ1n) is 6.59. The van der Waals surface area contributed by atoms with Crippen LogP contribution in [0.2, 0.25) is 0 Å². The molecule has 0 unspecified atom stereocenters. The Balaban J connectivity index is 0. The molecule has 114 valence electrons. The molecule has 5 nitrogen and oxygen atoms in total. The highest BCUT2D eigenvalue weighted by atomic mass is 35.5. The van der Waals surface area contributed by atoms with Crippen LogP contribution in [0.3, 0.4) is 0 Å². The number of carbonyl (C=O) groups excluding carboxylic acids is 2. The minimum absolute atomic E-state index is 0. The van der Waals surface area contributed by atoms with E-state index in [9.17, 15) is 9.59 Å². The van der Waals surface area contributed by atoms with E-state index in [1.54, 1.807) is 0 Å². The fourth-order valence-electron chi connectivity index (χ4n) is 1.38. The first kappa shape index (κ1) is 20.5. The molecule has 0 aromatic carbocycles. The lowest BCUT2D eigenvalue weighted by molar-refractivity contribution is -0.127. The van der Waals surface area contributed by atoms with Crippen LogP contribution in [0.25, 0.3) is 0 Å². The zero-order valence-electron chi connectivity index (χ0n) is 12.5. The van der Waals surface area contributed by atoms with Gasteiger partial charge in [0.25, 0.3) is 0 Å². The molecular weight excluding hydrogens is 266 g/mol. The molecule has 0 bridgehead atoms. The van der Waals surface area contributed by atoms with Crippen LogP contribution in [0.15, 0.2) is 0 Å². The highest BCUT2D eigenvalue weighted by Gasteiger charge is 2.16. The monoisotopic (exact) mass is 293 g/mol. The van der Waals surface area contributed by atoms with Crippen molar-refractivity contribution in [2.24, 2.45) is 5.41 Å². The average Bonchev–Trinajstić information content (AvgIpc) is 2.24. The van der Waals surface area contributed by atoms with Gasteiger partial charge in [-0.05, 0) is 18.4 Å². The van der Waals surface area contributed by atoms with E-state index < -0.39 is 0 Å². The predicted octanol–water partition coefficient (Wildman–Crippen LogP) is 1.08. The number of hydrogen-bond donors (Lipinski definition) is 3. The van der Waals surface area contributed by atoms with E-state index in [-0.39, 0.29) is 36.2 Å². The lowest BCUT2D eigenvalue weighted by Crippen LogP contribution is -2.40. The second kappa shape index (κ2) is 11.1. The molecule has 0 rings (SSSR count). The van der Waals surface area contributed by atoms with Crippen molar-refractivity contribution in [3.05, 3.63) is 0 Å². The van der Waals surface area contributed by atoms with Crippen molar-refractivity contribution in [2.75, 3.05) is 26.2 Å². The third-order valence-corrected chi connectivity index (χ3v) is 2.19. The van der Waals surface area contributed by atoms with Crippen molar-refractivity contribution in [3.8, 4) is 0 Å². The lowest BCUT2D eigenvalue weighted by Gasteiger charge is -2.17. The molecule has 0 spiro atoms. The summed E-state index contributed by atoms with van der Waals surface area (Å²) in [5.74, 6) is -0.225. The van der Waals surface area contributed by atoms with Gasteiger partial charge in [-0.15, -0.1) is 12.4 Å². The van der Waals surface area contributed by atoms with Gasteiger partial charge in [0.05, 0.1) is 6.54 Å². The Morgan fingerprint density at radius 1 is 0.947 bits per heavy atom. The van der Waals surface area contributed by atoms with E-state index in [0.29, 0.717) is 13.0 Å². The fraction of sp³-hybridized carbons (Fsp3) is 0.846. The summed E-state index contributed by atoms with van der Waals surface area (Å²) in [7, 11) is 0. The summed E-state index contributed by atoms with van der Waals surface area (Å²) >= 11 is 0. The van der Waals surface area contributed by atoms with Gasteiger partial charge >= 0.3 is 0 Å². The Morgan fingerprint density at radius 3 is 2.11 bits per heavy atom. The van der Waals surface area contributed by atoms with E-state index in [0.717, 1.165) is 19.5 Å². The van der Waals surface area contributed by atoms with E-state index in [2.05, 4.69) is 22.9 Å². The molecule has 0 aromatic rings. The highest BCUT2D eigenvalue weighted by molar-refractivity contribution is 5.85. The number of halogens is 1. The van der Waals surface area contributed by atoms with Gasteiger partial charge in [0, 0.05) is 19.5 Å². The van der Waals surface area contributed by atoms with Crippen molar-refractivity contribution in [2.45, 2.75) is 40.5 Å². The number of carbonyl (C=O) groups is 2. The fourth-order valence-corrected chi connectivity index (χ4v) is 1.38. The van der Waals surface area contributed by atoms with Crippen molar-refractivity contribution in [1.82, 2.24) is 16.0 Å². The van der Waals surface area contributed by atoms with Crippen molar-refractivity contribution in [1.29, 1.82) is 0 Å². The molecule has 0 aromatic heterocycles. The average molecular weight is 294 g/mol. The molecule has 3 N–H and O–H groups in total. The summed E-state index contributed by atoms with van der Waals surface area (Å²) in [6.07, 6.45) is 1.51. The Morgan fingerprint density at radius 2 is 1.58 bits per heavy atom. The minimum atomic E-state index is -0.143. The minimum Gasteiger partial charge on any atom is -0.353 e. The Kier molecular flexibility index (Phi) is 11.9. The maximum atomic E-state index is 11.5. The molecule has 0 heterocycles. The standard InChI is InChI=1S/C13H27N3O2.ClH/c1-5-6-14-7-8-15-12(18)10-16-11(17)9-13(2,3)4;/h14H,5-10H2,1-4H3,(H,15,18)(H,16,17);1H. The molecule has 0 aliphatic carbocycles. The van der Waals surface area contributed by atoms with Crippen LogP contribution in [0.5, 0.6) is 0 Å². The first-order chi connectivity index (χ1) is 8.35. The van der Waals surface area contributed by atoms with Gasteiger partial charge in [-0.1, -0.05) is 27.7 Å². The van der Waals surface area contributed by atoms with Gasteiger partial charge in [0.1, 0.15) is 0 Å². The molecule has 6 heteroatoms. The van der Waals surface area contributed by atoms with E-state index in [1.807, 2.05) is 20.8 Å². The summed E-state index contributed by atoms with van der Waals surface area (Å²) in [4.78, 5) is 22.9. The number of rotatable bonds is 8. The van der Waals surface area contributed by atoms with Crippen LogP contribution in [0.4, 0.5) is 0 Å². The number of nitrogens with one attached hydrogen (secondary N) is 3. The topological polar surface area (TPSA) is 70.2 Å². The molecule has 0 aliphatic rings. The highest BCUT2D eigenvalue weighted by Crippen LogP contribution is 2.17. The largest absolute Gasteiger partial charge is 0.353 e. The summed E-state index contributed by atoms with van der Waals surface area (Å²) in [6.45, 7) is 10.4. The smallest absolute Gasteiger partial charge is 0.239 e. The Bertz CT molecular complexity index is 265. The summed E-state index contributed by atoms with van der Waals surface area (Å²) in [5, 5.41) is 8.55. The van der Waals surface area contributed by atoms with Crippen LogP contribution in [0.1, 0.15) is 40.5 Å². The summed E-state index contributed by atoms with van der Waals surface area (Å²) in [5.41, 5.74) is -0.0510. The quantitative estimate of drug-likeness (QED) is 0.587. The molecule has 0 atom stereocenters. The van der Waals surface area contributed by atoms with Crippen molar-refractivity contribution >= 4 is 24.2 Å². The zero-order chi connectivity index (χ0) is 14.0. The van der Waals surface area contributed by atoms with E-state index in [1.165, 1.54) is 0 Å². The summed E-state index contributed by atoms with van der Waals surface area (Å²) in [6, 6.07) is 0. The molecule has 0 saturated carbocycles. The van der Waals surface area contributed by atoms with Gasteiger partial charge in [-0.2, -0.15) is 0 Å². The maximum Gasteiger partial charge on any atom is 0.239 e. The number of amides is 2. The normalized spacial score (nSPS) is 10.5. The lowest BCUT2D eigenvalue weighted by atomic mass is 9.92. The third kappa shape index (κ3) is 15.1. The van der Waals surface area contributed by atoms with Crippen molar-refractivity contribution in [3.63, 3.8) is 0 Å². The van der Waals surface area contributed by atoms with Gasteiger partial charge in [-0.3, -0.25) is 9.59 Å². The van der Waals surface area contributed by atoms with Crippen LogP contribution >= 0.6 is 12.4 Å². The van der Waals surface area contributed by atoms with E-state index in [4.69, 9.17) is 0 Å². The van der Waals surface area contributed by atoms with Gasteiger partial charge in [0.15, 0.2) is 0 Å². The second-order valence-electron chi connectivity index (χ2n) is 5.61. The van der Waals surface area contributed by atoms with Crippen LogP contribution < -0.4 is 16.0 Å². The summed E-state index contributed by atoms with van der Waals surface area (Å²) < 4.78 is 0. The molecule has 0 saturated heterocycles. The van der Waals surface area contributed by atoms with E-state index >= 15 is 0 Å².